The second-order valence-electron chi connectivity index (χ2n) is 10.5. The quantitative estimate of drug-likeness (QED) is 0.751. The van der Waals surface area contributed by atoms with Gasteiger partial charge in [0.1, 0.15) is 11.4 Å². The molecule has 0 radical (unpaired) electrons. The molecule has 4 aliphatic rings. The summed E-state index contributed by atoms with van der Waals surface area (Å²) in [4.78, 5) is 32.1. The predicted octanol–water partition coefficient (Wildman–Crippen LogP) is 2.88. The second kappa shape index (κ2) is 8.41. The summed E-state index contributed by atoms with van der Waals surface area (Å²) in [7, 11) is 4.11. The standard InChI is InChI=1S/C26H35N7O/c1-30-13-15-32(16-14-30)21-9-7-20(8-10-21)28-25-27-18-19-17-26(11-12-31(2)24(26)34)33(23(19)29-25)22-5-3-4-6-22/h7-10,18,22H,3-6,11-17H2,1-2H3,(H,27,28,29). The Bertz CT molecular complexity index is 1060. The molecule has 2 aromatic rings. The zero-order valence-electron chi connectivity index (χ0n) is 20.3. The monoisotopic (exact) mass is 461 g/mol. The molecule has 0 bridgehead atoms. The Kier molecular flexibility index (Phi) is 5.36. The van der Waals surface area contributed by atoms with Gasteiger partial charge in [-0.3, -0.25) is 4.79 Å². The number of piperazine rings is 1. The summed E-state index contributed by atoms with van der Waals surface area (Å²) in [6, 6.07) is 8.95. The first-order valence-corrected chi connectivity index (χ1v) is 12.7. The lowest BCUT2D eigenvalue weighted by molar-refractivity contribution is -0.131. The number of fused-ring (bicyclic) bond motifs is 1. The Balaban J connectivity index is 1.24. The molecule has 1 atom stereocenters. The highest BCUT2D eigenvalue weighted by Crippen LogP contribution is 2.47. The Morgan fingerprint density at radius 2 is 1.74 bits per heavy atom. The van der Waals surface area contributed by atoms with Crippen molar-refractivity contribution in [2.75, 3.05) is 61.9 Å². The van der Waals surface area contributed by atoms with Crippen molar-refractivity contribution in [1.82, 2.24) is 19.8 Å². The minimum atomic E-state index is -0.469. The van der Waals surface area contributed by atoms with Gasteiger partial charge in [-0.2, -0.15) is 4.98 Å². The molecule has 3 fully saturated rings. The number of carbonyl (C=O) groups excluding carboxylic acids is 1. The predicted molar refractivity (Wildman–Crippen MR) is 135 cm³/mol. The van der Waals surface area contributed by atoms with E-state index in [4.69, 9.17) is 4.98 Å². The van der Waals surface area contributed by atoms with E-state index in [0.717, 1.165) is 75.5 Å². The average Bonchev–Trinajstić information content (AvgIpc) is 3.55. The molecule has 1 aliphatic carbocycles. The van der Waals surface area contributed by atoms with Gasteiger partial charge in [-0.15, -0.1) is 0 Å². The van der Waals surface area contributed by atoms with Gasteiger partial charge in [-0.25, -0.2) is 4.98 Å². The van der Waals surface area contributed by atoms with Crippen molar-refractivity contribution in [3.8, 4) is 0 Å². The summed E-state index contributed by atoms with van der Waals surface area (Å²) in [6.45, 7) is 5.13. The topological polar surface area (TPSA) is 67.8 Å². The van der Waals surface area contributed by atoms with Crippen LogP contribution < -0.4 is 15.1 Å². The normalized spacial score (nSPS) is 25.6. The third kappa shape index (κ3) is 3.59. The minimum Gasteiger partial charge on any atom is -0.369 e. The van der Waals surface area contributed by atoms with E-state index in [-0.39, 0.29) is 5.91 Å². The molecule has 180 valence electrons. The molecule has 34 heavy (non-hydrogen) atoms. The summed E-state index contributed by atoms with van der Waals surface area (Å²) >= 11 is 0. The summed E-state index contributed by atoms with van der Waals surface area (Å²) in [5, 5.41) is 3.41. The first-order valence-electron chi connectivity index (χ1n) is 12.7. The van der Waals surface area contributed by atoms with Gasteiger partial charge in [-0.1, -0.05) is 12.8 Å². The second-order valence-corrected chi connectivity index (χ2v) is 10.5. The van der Waals surface area contributed by atoms with E-state index in [0.29, 0.717) is 12.0 Å². The largest absolute Gasteiger partial charge is 0.369 e. The number of hydrogen-bond acceptors (Lipinski definition) is 7. The van der Waals surface area contributed by atoms with E-state index in [1.165, 1.54) is 18.5 Å². The fourth-order valence-electron chi connectivity index (χ4n) is 6.33. The smallest absolute Gasteiger partial charge is 0.248 e. The first-order chi connectivity index (χ1) is 16.5. The van der Waals surface area contributed by atoms with E-state index in [1.807, 2.05) is 18.1 Å². The number of rotatable bonds is 4. The van der Waals surface area contributed by atoms with Crippen LogP contribution in [0.2, 0.25) is 0 Å². The van der Waals surface area contributed by atoms with Gasteiger partial charge in [0.2, 0.25) is 11.9 Å². The lowest BCUT2D eigenvalue weighted by Gasteiger charge is -2.39. The molecule has 1 spiro atoms. The zero-order valence-corrected chi connectivity index (χ0v) is 20.3. The third-order valence-electron chi connectivity index (χ3n) is 8.30. The van der Waals surface area contributed by atoms with Crippen LogP contribution in [0, 0.1) is 0 Å². The number of aromatic nitrogens is 2. The number of anilines is 4. The Morgan fingerprint density at radius 1 is 1.00 bits per heavy atom. The molecule has 6 rings (SSSR count). The van der Waals surface area contributed by atoms with Crippen LogP contribution in [-0.2, 0) is 11.2 Å². The fourth-order valence-corrected chi connectivity index (χ4v) is 6.33. The van der Waals surface area contributed by atoms with E-state index < -0.39 is 5.54 Å². The maximum atomic E-state index is 13.3. The van der Waals surface area contributed by atoms with Crippen molar-refractivity contribution < 1.29 is 4.79 Å². The highest BCUT2D eigenvalue weighted by atomic mass is 16.2. The van der Waals surface area contributed by atoms with Crippen LogP contribution >= 0.6 is 0 Å². The van der Waals surface area contributed by atoms with Crippen molar-refractivity contribution in [3.05, 3.63) is 36.0 Å². The van der Waals surface area contributed by atoms with Crippen molar-refractivity contribution in [2.24, 2.45) is 0 Å². The maximum absolute atomic E-state index is 13.3. The van der Waals surface area contributed by atoms with Gasteiger partial charge in [-0.05, 0) is 50.6 Å². The van der Waals surface area contributed by atoms with Crippen LogP contribution in [0.5, 0.6) is 0 Å². The van der Waals surface area contributed by atoms with E-state index in [2.05, 4.69) is 56.3 Å². The summed E-state index contributed by atoms with van der Waals surface area (Å²) < 4.78 is 0. The minimum absolute atomic E-state index is 0.242. The summed E-state index contributed by atoms with van der Waals surface area (Å²) in [5.74, 6) is 1.80. The molecule has 3 aliphatic heterocycles. The molecule has 2 saturated heterocycles. The lowest BCUT2D eigenvalue weighted by atomic mass is 9.91. The number of likely N-dealkylation sites (N-methyl/N-ethyl adjacent to an activating group) is 2. The molecular weight excluding hydrogens is 426 g/mol. The van der Waals surface area contributed by atoms with Crippen LogP contribution in [0.3, 0.4) is 0 Å². The van der Waals surface area contributed by atoms with Crippen molar-refractivity contribution >= 4 is 29.0 Å². The molecule has 1 amide bonds. The lowest BCUT2D eigenvalue weighted by Crippen LogP contribution is -2.56. The summed E-state index contributed by atoms with van der Waals surface area (Å²) in [5.41, 5.74) is 2.87. The number of nitrogens with zero attached hydrogens (tertiary/aromatic N) is 6. The maximum Gasteiger partial charge on any atom is 0.248 e. The molecule has 1 aromatic heterocycles. The number of hydrogen-bond donors (Lipinski definition) is 1. The number of amides is 1. The third-order valence-corrected chi connectivity index (χ3v) is 8.30. The molecule has 1 aromatic carbocycles. The average molecular weight is 462 g/mol. The van der Waals surface area contributed by atoms with E-state index >= 15 is 0 Å². The van der Waals surface area contributed by atoms with Crippen LogP contribution in [0.1, 0.15) is 37.7 Å². The van der Waals surface area contributed by atoms with Gasteiger partial charge in [0.25, 0.3) is 0 Å². The van der Waals surface area contributed by atoms with Gasteiger partial charge < -0.3 is 24.9 Å². The number of nitrogens with one attached hydrogen (secondary N) is 1. The number of likely N-dealkylation sites (tertiary alicyclic amines) is 1. The highest BCUT2D eigenvalue weighted by Gasteiger charge is 2.57. The van der Waals surface area contributed by atoms with Gasteiger partial charge in [0.15, 0.2) is 0 Å². The Labute approximate surface area is 201 Å². The Hall–Kier alpha value is -2.87. The molecule has 1 saturated carbocycles. The van der Waals surface area contributed by atoms with Crippen LogP contribution in [-0.4, -0.2) is 84.1 Å². The van der Waals surface area contributed by atoms with E-state index in [1.54, 1.807) is 0 Å². The first kappa shape index (κ1) is 21.6. The molecular formula is C26H35N7O. The van der Waals surface area contributed by atoms with Gasteiger partial charge in [0.05, 0.1) is 0 Å². The Morgan fingerprint density at radius 3 is 2.41 bits per heavy atom. The van der Waals surface area contributed by atoms with Gasteiger partial charge in [0, 0.05) is 75.4 Å². The van der Waals surface area contributed by atoms with Crippen molar-refractivity contribution in [3.63, 3.8) is 0 Å². The number of benzene rings is 1. The SMILES string of the molecule is CN1CCN(c2ccc(Nc3ncc4c(n3)N(C3CCCC3)C3(CCN(C)C3=O)C4)cc2)CC1. The van der Waals surface area contributed by atoms with Crippen molar-refractivity contribution in [2.45, 2.75) is 50.1 Å². The van der Waals surface area contributed by atoms with E-state index in [9.17, 15) is 4.79 Å². The number of carbonyl (C=O) groups is 1. The molecule has 8 nitrogen and oxygen atoms in total. The van der Waals surface area contributed by atoms with Crippen LogP contribution in [0.4, 0.5) is 23.1 Å². The van der Waals surface area contributed by atoms with Crippen LogP contribution in [0.15, 0.2) is 30.5 Å². The van der Waals surface area contributed by atoms with Gasteiger partial charge >= 0.3 is 0 Å². The summed E-state index contributed by atoms with van der Waals surface area (Å²) in [6.07, 6.45) is 8.26. The molecule has 8 heteroatoms. The highest BCUT2D eigenvalue weighted by molar-refractivity contribution is 5.94. The van der Waals surface area contributed by atoms with Crippen molar-refractivity contribution in [1.29, 1.82) is 0 Å². The molecule has 1 N–H and O–H groups in total. The zero-order chi connectivity index (χ0) is 23.3. The molecule has 1 unspecified atom stereocenters. The molecule has 4 heterocycles. The fraction of sp³-hybridized carbons (Fsp3) is 0.577. The van der Waals surface area contributed by atoms with Crippen LogP contribution in [0.25, 0.3) is 0 Å².